The highest BCUT2D eigenvalue weighted by Gasteiger charge is 2.20. The average molecular weight is 377 g/mol. The van der Waals surface area contributed by atoms with Gasteiger partial charge in [0, 0.05) is 25.2 Å². The van der Waals surface area contributed by atoms with Gasteiger partial charge in [-0.1, -0.05) is 18.2 Å². The van der Waals surface area contributed by atoms with Gasteiger partial charge in [-0.05, 0) is 64.2 Å². The van der Waals surface area contributed by atoms with Crippen molar-refractivity contribution in [3.05, 3.63) is 58.1 Å². The number of halogens is 1. The monoisotopic (exact) mass is 376 g/mol. The lowest BCUT2D eigenvalue weighted by Crippen LogP contribution is -2.55. The van der Waals surface area contributed by atoms with Crippen molar-refractivity contribution >= 4 is 15.9 Å². The van der Waals surface area contributed by atoms with Crippen LogP contribution < -0.4 is 10.6 Å². The van der Waals surface area contributed by atoms with E-state index in [4.69, 9.17) is 0 Å². The number of rotatable bonds is 4. The molecule has 0 amide bonds. The Morgan fingerprint density at radius 2 is 1.43 bits per heavy atom. The fourth-order valence-corrected chi connectivity index (χ4v) is 3.36. The van der Waals surface area contributed by atoms with Crippen molar-refractivity contribution in [2.45, 2.75) is 24.9 Å². The maximum Gasteiger partial charge on any atom is 0.129 e. The molecule has 0 aliphatic carbocycles. The van der Waals surface area contributed by atoms with Crippen molar-refractivity contribution in [1.29, 1.82) is 0 Å². The molecule has 2 unspecified atom stereocenters. The molecule has 4 N–H and O–H groups in total. The predicted octanol–water partition coefficient (Wildman–Crippen LogP) is 2.58. The third-order valence-electron chi connectivity index (χ3n) is 4.22. The molecule has 5 heteroatoms. The second-order valence-electron chi connectivity index (χ2n) is 6.07. The molecule has 0 bridgehead atoms. The van der Waals surface area contributed by atoms with Crippen LogP contribution in [0.2, 0.25) is 0 Å². The van der Waals surface area contributed by atoms with Gasteiger partial charge in [0.05, 0.1) is 4.47 Å². The second-order valence-corrected chi connectivity index (χ2v) is 6.93. The van der Waals surface area contributed by atoms with Gasteiger partial charge in [0.1, 0.15) is 11.5 Å². The summed E-state index contributed by atoms with van der Waals surface area (Å²) < 4.78 is 0.740. The zero-order chi connectivity index (χ0) is 16.2. The Morgan fingerprint density at radius 3 is 2.00 bits per heavy atom. The quantitative estimate of drug-likeness (QED) is 0.662. The Hall–Kier alpha value is -1.56. The smallest absolute Gasteiger partial charge is 0.129 e. The normalized spacial score (nSPS) is 21.3. The number of phenols is 2. The van der Waals surface area contributed by atoms with E-state index in [9.17, 15) is 10.2 Å². The molecular formula is C18H21BrN2O2. The molecule has 2 aromatic carbocycles. The summed E-state index contributed by atoms with van der Waals surface area (Å²) in [5.41, 5.74) is 2.42. The van der Waals surface area contributed by atoms with Gasteiger partial charge in [-0.15, -0.1) is 0 Å². The molecule has 0 aromatic heterocycles. The van der Waals surface area contributed by atoms with Crippen molar-refractivity contribution < 1.29 is 10.2 Å². The van der Waals surface area contributed by atoms with Crippen molar-refractivity contribution in [1.82, 2.24) is 10.6 Å². The molecular weight excluding hydrogens is 356 g/mol. The van der Waals surface area contributed by atoms with E-state index < -0.39 is 0 Å². The van der Waals surface area contributed by atoms with Crippen LogP contribution in [-0.4, -0.2) is 35.4 Å². The third-order valence-corrected chi connectivity index (χ3v) is 4.85. The Bertz CT molecular complexity index is 653. The van der Waals surface area contributed by atoms with E-state index in [2.05, 4.69) is 26.6 Å². The van der Waals surface area contributed by atoms with Gasteiger partial charge in [0.2, 0.25) is 0 Å². The van der Waals surface area contributed by atoms with Crippen LogP contribution in [0.25, 0.3) is 0 Å². The highest BCUT2D eigenvalue weighted by atomic mass is 79.9. The fourth-order valence-electron chi connectivity index (χ4n) is 2.93. The largest absolute Gasteiger partial charge is 0.508 e. The van der Waals surface area contributed by atoms with Crippen molar-refractivity contribution in [3.8, 4) is 11.5 Å². The van der Waals surface area contributed by atoms with E-state index in [0.717, 1.165) is 30.4 Å². The van der Waals surface area contributed by atoms with E-state index in [1.54, 1.807) is 18.2 Å². The van der Waals surface area contributed by atoms with Crippen LogP contribution in [0, 0.1) is 0 Å². The summed E-state index contributed by atoms with van der Waals surface area (Å²) in [7, 11) is 0. The SMILES string of the molecule is Oc1ccc(CC2CNC(Cc3ccc(O)c(Br)c3)CN2)cc1. The number of phenolic OH excluding ortho intramolecular Hbond substituents is 2. The summed E-state index contributed by atoms with van der Waals surface area (Å²) >= 11 is 3.36. The molecule has 0 radical (unpaired) electrons. The van der Waals surface area contributed by atoms with E-state index in [0.29, 0.717) is 17.8 Å². The summed E-state index contributed by atoms with van der Waals surface area (Å²) in [6.45, 7) is 1.84. The lowest BCUT2D eigenvalue weighted by molar-refractivity contribution is 0.342. The van der Waals surface area contributed by atoms with Crippen LogP contribution >= 0.6 is 15.9 Å². The maximum atomic E-state index is 9.55. The van der Waals surface area contributed by atoms with Crippen molar-refractivity contribution in [2.24, 2.45) is 0 Å². The van der Waals surface area contributed by atoms with Crippen LogP contribution in [0.1, 0.15) is 11.1 Å². The lowest BCUT2D eigenvalue weighted by Gasteiger charge is -2.31. The van der Waals surface area contributed by atoms with Gasteiger partial charge in [-0.3, -0.25) is 0 Å². The van der Waals surface area contributed by atoms with Crippen LogP contribution in [0.4, 0.5) is 0 Å². The average Bonchev–Trinajstić information content (AvgIpc) is 2.55. The summed E-state index contributed by atoms with van der Waals surface area (Å²) in [6.07, 6.45) is 1.88. The first kappa shape index (κ1) is 16.3. The minimum absolute atomic E-state index is 0.275. The molecule has 4 nitrogen and oxygen atoms in total. The third kappa shape index (κ3) is 4.47. The van der Waals surface area contributed by atoms with Crippen LogP contribution in [0.15, 0.2) is 46.9 Å². The van der Waals surface area contributed by atoms with Crippen molar-refractivity contribution in [3.63, 3.8) is 0 Å². The highest BCUT2D eigenvalue weighted by molar-refractivity contribution is 9.10. The molecule has 2 atom stereocenters. The molecule has 1 aliphatic rings. The number of piperazine rings is 1. The highest BCUT2D eigenvalue weighted by Crippen LogP contribution is 2.25. The van der Waals surface area contributed by atoms with E-state index in [1.165, 1.54) is 11.1 Å². The summed E-state index contributed by atoms with van der Waals surface area (Å²) in [5.74, 6) is 0.584. The van der Waals surface area contributed by atoms with Crippen LogP contribution in [0.3, 0.4) is 0 Å². The van der Waals surface area contributed by atoms with E-state index in [-0.39, 0.29) is 5.75 Å². The summed E-state index contributed by atoms with van der Waals surface area (Å²) in [4.78, 5) is 0. The molecule has 1 saturated heterocycles. The molecule has 3 rings (SSSR count). The second kappa shape index (κ2) is 7.34. The van der Waals surface area contributed by atoms with Crippen LogP contribution in [0.5, 0.6) is 11.5 Å². The van der Waals surface area contributed by atoms with Gasteiger partial charge in [0.15, 0.2) is 0 Å². The number of hydrogen-bond acceptors (Lipinski definition) is 4. The number of nitrogens with one attached hydrogen (secondary N) is 2. The molecule has 0 saturated carbocycles. The van der Waals surface area contributed by atoms with Gasteiger partial charge >= 0.3 is 0 Å². The molecule has 1 heterocycles. The molecule has 23 heavy (non-hydrogen) atoms. The van der Waals surface area contributed by atoms with Gasteiger partial charge in [-0.2, -0.15) is 0 Å². The summed E-state index contributed by atoms with van der Waals surface area (Å²) in [6, 6.07) is 13.9. The first-order valence-electron chi connectivity index (χ1n) is 7.82. The molecule has 0 spiro atoms. The number of benzene rings is 2. The van der Waals surface area contributed by atoms with Gasteiger partial charge < -0.3 is 20.8 Å². The minimum atomic E-state index is 0.275. The van der Waals surface area contributed by atoms with Gasteiger partial charge in [0.25, 0.3) is 0 Å². The van der Waals surface area contributed by atoms with E-state index >= 15 is 0 Å². The molecule has 2 aromatic rings. The minimum Gasteiger partial charge on any atom is -0.508 e. The Labute approximate surface area is 144 Å². The fraction of sp³-hybridized carbons (Fsp3) is 0.333. The van der Waals surface area contributed by atoms with Crippen LogP contribution in [-0.2, 0) is 12.8 Å². The first-order valence-corrected chi connectivity index (χ1v) is 8.61. The number of hydrogen-bond donors (Lipinski definition) is 4. The predicted molar refractivity (Wildman–Crippen MR) is 94.9 cm³/mol. The Kier molecular flexibility index (Phi) is 5.20. The lowest BCUT2D eigenvalue weighted by atomic mass is 10.00. The van der Waals surface area contributed by atoms with Gasteiger partial charge in [-0.25, -0.2) is 0 Å². The standard InChI is InChI=1S/C18H21BrN2O2/c19-17-9-13(3-6-18(17)23)8-15-11-20-14(10-21-15)7-12-1-4-16(22)5-2-12/h1-6,9,14-15,20-23H,7-8,10-11H2. The molecule has 1 aliphatic heterocycles. The maximum absolute atomic E-state index is 9.55. The van der Waals surface area contributed by atoms with E-state index in [1.807, 2.05) is 24.3 Å². The zero-order valence-corrected chi connectivity index (χ0v) is 14.4. The topological polar surface area (TPSA) is 64.5 Å². The first-order chi connectivity index (χ1) is 11.1. The Balaban J connectivity index is 1.50. The van der Waals surface area contributed by atoms with Crippen molar-refractivity contribution in [2.75, 3.05) is 13.1 Å². The number of aromatic hydroxyl groups is 2. The molecule has 122 valence electrons. The Morgan fingerprint density at radius 1 is 0.870 bits per heavy atom. The molecule has 1 fully saturated rings. The summed E-state index contributed by atoms with van der Waals surface area (Å²) in [5, 5.41) is 26.1. The zero-order valence-electron chi connectivity index (χ0n) is 12.8.